The Balaban J connectivity index is 1.24. The third-order valence-corrected chi connectivity index (χ3v) is 10.1. The van der Waals surface area contributed by atoms with Crippen LogP contribution in [0.2, 0.25) is 0 Å². The molecule has 0 N–H and O–H groups in total. The van der Waals surface area contributed by atoms with Crippen LogP contribution in [-0.2, 0) is 13.1 Å². The van der Waals surface area contributed by atoms with Gasteiger partial charge in [0.1, 0.15) is 46.6 Å². The number of nitrogens with zero attached hydrogens (tertiary/aromatic N) is 10. The van der Waals surface area contributed by atoms with Crippen molar-refractivity contribution in [2.75, 3.05) is 68.8 Å². The van der Waals surface area contributed by atoms with Gasteiger partial charge in [0.2, 0.25) is 0 Å². The number of piperazine rings is 1. The van der Waals surface area contributed by atoms with E-state index in [1.807, 2.05) is 94.3 Å². The van der Waals surface area contributed by atoms with E-state index in [1.54, 1.807) is 42.7 Å². The van der Waals surface area contributed by atoms with Gasteiger partial charge in [-0.1, -0.05) is 24.3 Å². The fourth-order valence-electron chi connectivity index (χ4n) is 7.21. The third-order valence-electron chi connectivity index (χ3n) is 10.1. The first-order valence-electron chi connectivity index (χ1n) is 18.2. The molecular formula is C40H46N10O6. The van der Waals surface area contributed by atoms with Crippen LogP contribution < -0.4 is 28.4 Å². The molecule has 1 aliphatic heterocycles. The minimum Gasteiger partial charge on any atom is -0.497 e. The van der Waals surface area contributed by atoms with E-state index >= 15 is 0 Å². The fourth-order valence-corrected chi connectivity index (χ4v) is 7.21. The van der Waals surface area contributed by atoms with Gasteiger partial charge in [-0.25, -0.2) is 9.36 Å². The number of methoxy groups -OCH3 is 6. The van der Waals surface area contributed by atoms with Crippen LogP contribution in [0.25, 0.3) is 0 Å². The Kier molecular flexibility index (Phi) is 11.9. The Hall–Kier alpha value is -6.26. The van der Waals surface area contributed by atoms with E-state index in [0.717, 1.165) is 33.8 Å². The second-order valence-electron chi connectivity index (χ2n) is 13.2. The monoisotopic (exact) mass is 762 g/mol. The van der Waals surface area contributed by atoms with Crippen molar-refractivity contribution in [2.24, 2.45) is 0 Å². The minimum absolute atomic E-state index is 0.374. The summed E-state index contributed by atoms with van der Waals surface area (Å²) in [5.41, 5.74) is 3.84. The second-order valence-corrected chi connectivity index (χ2v) is 13.2. The first-order valence-corrected chi connectivity index (χ1v) is 18.2. The highest BCUT2D eigenvalue weighted by atomic mass is 16.5. The summed E-state index contributed by atoms with van der Waals surface area (Å²) in [6.45, 7) is 3.49. The molecular weight excluding hydrogens is 717 g/mol. The number of hydrogen-bond acceptors (Lipinski definition) is 14. The average molecular weight is 763 g/mol. The smallest absolute Gasteiger partial charge is 0.173 e. The van der Waals surface area contributed by atoms with Crippen molar-refractivity contribution >= 4 is 0 Å². The summed E-state index contributed by atoms with van der Waals surface area (Å²) in [7, 11) is 9.96. The van der Waals surface area contributed by atoms with Crippen LogP contribution >= 0.6 is 0 Å². The molecule has 4 aromatic carbocycles. The maximum absolute atomic E-state index is 5.94. The summed E-state index contributed by atoms with van der Waals surface area (Å²) in [5, 5.41) is 26.5. The highest BCUT2D eigenvalue weighted by Crippen LogP contribution is 2.40. The molecule has 0 aliphatic carbocycles. The SMILES string of the molecule is COc1ccc(Cn2nnnc2[C@@H](c2cc(OC)ccc2OC)N2CCN([C@H](c3cc(OC)ccc3OC)c3nnnn3Cc3ccc(OC)cc3)CC2)cc1. The predicted molar refractivity (Wildman–Crippen MR) is 206 cm³/mol. The molecule has 7 rings (SSSR count). The van der Waals surface area contributed by atoms with E-state index in [1.165, 1.54) is 0 Å². The molecule has 0 spiro atoms. The van der Waals surface area contributed by atoms with Gasteiger partial charge in [-0.3, -0.25) is 9.80 Å². The van der Waals surface area contributed by atoms with E-state index in [9.17, 15) is 0 Å². The minimum atomic E-state index is -0.374. The van der Waals surface area contributed by atoms with Crippen LogP contribution in [0, 0.1) is 0 Å². The Morgan fingerprint density at radius 3 is 1.16 bits per heavy atom. The van der Waals surface area contributed by atoms with Gasteiger partial charge < -0.3 is 28.4 Å². The van der Waals surface area contributed by atoms with E-state index in [4.69, 9.17) is 28.4 Å². The maximum atomic E-state index is 5.94. The molecule has 0 radical (unpaired) electrons. The van der Waals surface area contributed by atoms with Gasteiger partial charge in [-0.2, -0.15) is 0 Å². The lowest BCUT2D eigenvalue weighted by Crippen LogP contribution is -2.50. The third kappa shape index (κ3) is 8.06. The molecule has 0 bridgehead atoms. The van der Waals surface area contributed by atoms with Crippen LogP contribution in [0.5, 0.6) is 34.5 Å². The molecule has 292 valence electrons. The quantitative estimate of drug-likeness (QED) is 0.138. The van der Waals surface area contributed by atoms with Crippen molar-refractivity contribution in [1.82, 2.24) is 50.2 Å². The number of rotatable bonds is 16. The number of ether oxygens (including phenoxy) is 6. The summed E-state index contributed by atoms with van der Waals surface area (Å²) >= 11 is 0. The molecule has 1 fully saturated rings. The number of hydrogen-bond donors (Lipinski definition) is 0. The van der Waals surface area contributed by atoms with E-state index in [0.29, 0.717) is 73.9 Å². The Morgan fingerprint density at radius 1 is 0.464 bits per heavy atom. The fraction of sp³-hybridized carbons (Fsp3) is 0.350. The highest BCUT2D eigenvalue weighted by molar-refractivity contribution is 5.46. The molecule has 0 saturated carbocycles. The summed E-state index contributed by atoms with van der Waals surface area (Å²) in [5.74, 6) is 5.72. The zero-order valence-electron chi connectivity index (χ0n) is 32.4. The highest BCUT2D eigenvalue weighted by Gasteiger charge is 2.37. The van der Waals surface area contributed by atoms with Crippen LogP contribution in [0.1, 0.15) is 46.0 Å². The van der Waals surface area contributed by atoms with Crippen molar-refractivity contribution in [2.45, 2.75) is 25.2 Å². The average Bonchev–Trinajstić information content (AvgIpc) is 3.91. The molecule has 56 heavy (non-hydrogen) atoms. The van der Waals surface area contributed by atoms with E-state index in [-0.39, 0.29) is 12.1 Å². The predicted octanol–water partition coefficient (Wildman–Crippen LogP) is 4.30. The maximum Gasteiger partial charge on any atom is 0.173 e. The Bertz CT molecular complexity index is 2030. The second kappa shape index (κ2) is 17.5. The van der Waals surface area contributed by atoms with Crippen LogP contribution in [0.15, 0.2) is 84.9 Å². The van der Waals surface area contributed by atoms with Gasteiger partial charge in [0.25, 0.3) is 0 Å². The van der Waals surface area contributed by atoms with Crippen LogP contribution in [0.3, 0.4) is 0 Å². The molecule has 0 unspecified atom stereocenters. The van der Waals surface area contributed by atoms with E-state index in [2.05, 4.69) is 40.9 Å². The number of benzene rings is 4. The van der Waals surface area contributed by atoms with Gasteiger partial charge >= 0.3 is 0 Å². The molecule has 6 aromatic rings. The molecule has 2 atom stereocenters. The molecule has 1 aliphatic rings. The van der Waals surface area contributed by atoms with Gasteiger partial charge in [0.05, 0.1) is 55.7 Å². The van der Waals surface area contributed by atoms with Gasteiger partial charge in [0, 0.05) is 37.3 Å². The lowest BCUT2D eigenvalue weighted by atomic mass is 9.99. The molecule has 16 nitrogen and oxygen atoms in total. The number of aromatic nitrogens is 8. The lowest BCUT2D eigenvalue weighted by molar-refractivity contribution is 0.0809. The first-order chi connectivity index (χ1) is 27.5. The standard InChI is InChI=1S/C40H46N10O6/c1-51-29-11-7-27(8-12-29)25-49-39(41-43-45-49)37(33-23-31(53-3)15-17-35(33)55-5)47-19-21-48(22-20-47)38(34-24-32(54-4)16-18-36(34)56-6)40-42-44-46-50(40)26-28-9-13-30(52-2)14-10-28/h7-18,23-24,37-38H,19-22,25-26H2,1-6H3/t37-,38-/m1/s1. The summed E-state index contributed by atoms with van der Waals surface area (Å²) in [6.07, 6.45) is 0. The summed E-state index contributed by atoms with van der Waals surface area (Å²) in [4.78, 5) is 4.76. The first kappa shape index (κ1) is 38.0. The van der Waals surface area contributed by atoms with Crippen molar-refractivity contribution in [3.8, 4) is 34.5 Å². The number of tetrazole rings is 2. The van der Waals surface area contributed by atoms with Gasteiger partial charge in [0.15, 0.2) is 11.6 Å². The normalized spacial score (nSPS) is 14.5. The topological polar surface area (TPSA) is 149 Å². The Labute approximate surface area is 325 Å². The van der Waals surface area contributed by atoms with E-state index < -0.39 is 0 Å². The Morgan fingerprint density at radius 2 is 0.821 bits per heavy atom. The molecule has 16 heteroatoms. The molecule has 0 amide bonds. The van der Waals surface area contributed by atoms with Crippen molar-refractivity contribution < 1.29 is 28.4 Å². The van der Waals surface area contributed by atoms with Crippen LogP contribution in [0.4, 0.5) is 0 Å². The van der Waals surface area contributed by atoms with Crippen molar-refractivity contribution in [3.05, 3.63) is 119 Å². The zero-order chi connectivity index (χ0) is 39.0. The molecule has 2 aromatic heterocycles. The van der Waals surface area contributed by atoms with Crippen molar-refractivity contribution in [1.29, 1.82) is 0 Å². The largest absolute Gasteiger partial charge is 0.497 e. The molecule has 3 heterocycles. The zero-order valence-corrected chi connectivity index (χ0v) is 32.4. The summed E-state index contributed by atoms with van der Waals surface area (Å²) < 4.78 is 37.7. The van der Waals surface area contributed by atoms with Crippen LogP contribution in [-0.4, -0.2) is 119 Å². The summed E-state index contributed by atoms with van der Waals surface area (Å²) in [6, 6.07) is 26.7. The molecule has 1 saturated heterocycles. The van der Waals surface area contributed by atoms with Gasteiger partial charge in [-0.15, -0.1) is 10.2 Å². The lowest BCUT2D eigenvalue weighted by Gasteiger charge is -2.42. The van der Waals surface area contributed by atoms with Crippen molar-refractivity contribution in [3.63, 3.8) is 0 Å². The van der Waals surface area contributed by atoms with Gasteiger partial charge in [-0.05, 0) is 92.6 Å².